The Labute approximate surface area is 75.0 Å². The Bertz CT molecular complexity index is 338. The van der Waals surface area contributed by atoms with Crippen LogP contribution in [-0.2, 0) is 4.79 Å². The molecule has 1 rings (SSSR count). The van der Waals surface area contributed by atoms with Crippen LogP contribution in [-0.4, -0.2) is 11.1 Å². The molecular weight excluding hydrogens is 173 g/mol. The fraction of sp³-hybridized carbons (Fsp3) is 0.222. The fourth-order valence-electron chi connectivity index (χ4n) is 1.08. The lowest BCUT2D eigenvalue weighted by atomic mass is 10.0. The molecule has 0 bridgehead atoms. The summed E-state index contributed by atoms with van der Waals surface area (Å²) >= 11 is 0. The molecule has 3 nitrogen and oxygen atoms in total. The number of aliphatic carboxylic acids is 1. The Kier molecular flexibility index (Phi) is 2.63. The normalized spacial score (nSPS) is 12.5. The Morgan fingerprint density at radius 2 is 2.23 bits per heavy atom. The van der Waals surface area contributed by atoms with Gasteiger partial charge in [-0.2, -0.15) is 0 Å². The molecule has 1 aromatic carbocycles. The minimum atomic E-state index is -1.16. The van der Waals surface area contributed by atoms with Crippen LogP contribution in [0.1, 0.15) is 17.2 Å². The second kappa shape index (κ2) is 3.53. The number of benzene rings is 1. The van der Waals surface area contributed by atoms with Gasteiger partial charge in [0.1, 0.15) is 11.9 Å². The molecule has 1 aromatic rings. The second-order valence-electron chi connectivity index (χ2n) is 2.82. The molecule has 0 aromatic heterocycles. The first-order chi connectivity index (χ1) is 6.02. The number of hydrogen-bond donors (Lipinski definition) is 2. The van der Waals surface area contributed by atoms with Gasteiger partial charge in [-0.05, 0) is 30.2 Å². The summed E-state index contributed by atoms with van der Waals surface area (Å²) in [5.74, 6) is -1.63. The molecule has 13 heavy (non-hydrogen) atoms. The molecule has 0 aliphatic carbocycles. The monoisotopic (exact) mass is 183 g/mol. The van der Waals surface area contributed by atoms with Gasteiger partial charge in [0, 0.05) is 0 Å². The van der Waals surface area contributed by atoms with E-state index < -0.39 is 17.8 Å². The van der Waals surface area contributed by atoms with Crippen LogP contribution in [0.4, 0.5) is 4.39 Å². The summed E-state index contributed by atoms with van der Waals surface area (Å²) in [5.41, 5.74) is 6.33. The lowest BCUT2D eigenvalue weighted by Gasteiger charge is -2.09. The molecule has 4 heteroatoms. The van der Waals surface area contributed by atoms with Gasteiger partial charge >= 0.3 is 5.97 Å². The van der Waals surface area contributed by atoms with E-state index in [1.54, 1.807) is 6.92 Å². The molecule has 0 spiro atoms. The van der Waals surface area contributed by atoms with E-state index in [-0.39, 0.29) is 0 Å². The first-order valence-electron chi connectivity index (χ1n) is 3.77. The molecule has 0 amide bonds. The smallest absolute Gasteiger partial charge is 0.325 e. The minimum Gasteiger partial charge on any atom is -0.480 e. The maximum absolute atomic E-state index is 12.7. The highest BCUT2D eigenvalue weighted by atomic mass is 19.1. The van der Waals surface area contributed by atoms with Crippen LogP contribution >= 0.6 is 0 Å². The van der Waals surface area contributed by atoms with Crippen molar-refractivity contribution in [2.24, 2.45) is 5.73 Å². The number of aryl methyl sites for hydroxylation is 1. The summed E-state index contributed by atoms with van der Waals surface area (Å²) in [6, 6.07) is 2.77. The molecule has 3 N–H and O–H groups in total. The van der Waals surface area contributed by atoms with Gasteiger partial charge in [-0.3, -0.25) is 4.79 Å². The van der Waals surface area contributed by atoms with Crippen LogP contribution in [0.15, 0.2) is 18.2 Å². The summed E-state index contributed by atoms with van der Waals surface area (Å²) in [6.45, 7) is 1.69. The fourth-order valence-corrected chi connectivity index (χ4v) is 1.08. The summed E-state index contributed by atoms with van der Waals surface area (Å²) < 4.78 is 12.7. The van der Waals surface area contributed by atoms with Crippen molar-refractivity contribution in [1.29, 1.82) is 0 Å². The predicted octanol–water partition coefficient (Wildman–Crippen LogP) is 1.22. The minimum absolute atomic E-state index is 0.313. The zero-order valence-corrected chi connectivity index (χ0v) is 7.12. The molecular formula is C9H10FNO2. The van der Waals surface area contributed by atoms with Crippen LogP contribution < -0.4 is 5.73 Å². The number of nitrogens with two attached hydrogens (primary N) is 1. The van der Waals surface area contributed by atoms with Crippen molar-refractivity contribution < 1.29 is 14.3 Å². The highest BCUT2D eigenvalue weighted by molar-refractivity contribution is 5.75. The van der Waals surface area contributed by atoms with Crippen molar-refractivity contribution in [3.05, 3.63) is 35.1 Å². The van der Waals surface area contributed by atoms with Crippen molar-refractivity contribution in [2.45, 2.75) is 13.0 Å². The Hall–Kier alpha value is -1.42. The van der Waals surface area contributed by atoms with Crippen LogP contribution in [0.5, 0.6) is 0 Å². The lowest BCUT2D eigenvalue weighted by Crippen LogP contribution is -2.21. The maximum atomic E-state index is 12.7. The van der Waals surface area contributed by atoms with Gasteiger partial charge in [-0.1, -0.05) is 6.07 Å². The molecule has 0 saturated heterocycles. The van der Waals surface area contributed by atoms with Gasteiger partial charge in [0.2, 0.25) is 0 Å². The van der Waals surface area contributed by atoms with Crippen LogP contribution in [0.25, 0.3) is 0 Å². The average Bonchev–Trinajstić information content (AvgIpc) is 2.08. The van der Waals surface area contributed by atoms with Gasteiger partial charge in [0.15, 0.2) is 0 Å². The topological polar surface area (TPSA) is 63.3 Å². The highest BCUT2D eigenvalue weighted by Crippen LogP contribution is 2.16. The van der Waals surface area contributed by atoms with Gasteiger partial charge in [-0.15, -0.1) is 0 Å². The molecule has 0 radical (unpaired) electrons. The van der Waals surface area contributed by atoms with E-state index in [0.717, 1.165) is 6.07 Å². The van der Waals surface area contributed by atoms with Gasteiger partial charge < -0.3 is 10.8 Å². The number of hydrogen-bond acceptors (Lipinski definition) is 2. The zero-order chi connectivity index (χ0) is 10.0. The second-order valence-corrected chi connectivity index (χ2v) is 2.82. The molecule has 0 saturated carbocycles. The summed E-state index contributed by atoms with van der Waals surface area (Å²) in [5, 5.41) is 8.60. The largest absolute Gasteiger partial charge is 0.480 e. The van der Waals surface area contributed by atoms with E-state index in [1.165, 1.54) is 12.1 Å². The first-order valence-corrected chi connectivity index (χ1v) is 3.77. The number of halogens is 1. The third-order valence-corrected chi connectivity index (χ3v) is 1.84. The molecule has 0 aliphatic heterocycles. The first kappa shape index (κ1) is 9.67. The van der Waals surface area contributed by atoms with Crippen molar-refractivity contribution >= 4 is 5.97 Å². The Morgan fingerprint density at radius 1 is 1.62 bits per heavy atom. The third kappa shape index (κ3) is 2.03. The molecule has 70 valence electrons. The van der Waals surface area contributed by atoms with Gasteiger partial charge in [0.05, 0.1) is 0 Å². The van der Waals surface area contributed by atoms with Gasteiger partial charge in [0.25, 0.3) is 0 Å². The standard InChI is InChI=1S/C9H10FNO2/c1-5-2-3-6(10)4-7(5)8(11)9(12)13/h2-4,8H,11H2,1H3,(H,12,13)/t8-/m0/s1. The SMILES string of the molecule is Cc1ccc(F)cc1[C@H](N)C(=O)O. The average molecular weight is 183 g/mol. The maximum Gasteiger partial charge on any atom is 0.325 e. The number of carbonyl (C=O) groups is 1. The van der Waals surface area contributed by atoms with Crippen molar-refractivity contribution in [2.75, 3.05) is 0 Å². The van der Waals surface area contributed by atoms with Crippen molar-refractivity contribution in [3.63, 3.8) is 0 Å². The highest BCUT2D eigenvalue weighted by Gasteiger charge is 2.16. The number of carboxylic acids is 1. The summed E-state index contributed by atoms with van der Waals surface area (Å²) in [7, 11) is 0. The van der Waals surface area contributed by atoms with Crippen LogP contribution in [0.2, 0.25) is 0 Å². The molecule has 0 aliphatic rings. The predicted molar refractivity (Wildman–Crippen MR) is 45.7 cm³/mol. The van der Waals surface area contributed by atoms with E-state index in [2.05, 4.69) is 0 Å². The lowest BCUT2D eigenvalue weighted by molar-refractivity contribution is -0.138. The third-order valence-electron chi connectivity index (χ3n) is 1.84. The van der Waals surface area contributed by atoms with Crippen molar-refractivity contribution in [3.8, 4) is 0 Å². The van der Waals surface area contributed by atoms with Crippen LogP contribution in [0, 0.1) is 12.7 Å². The number of carboxylic acid groups (broad SMARTS) is 1. The van der Waals surface area contributed by atoms with Gasteiger partial charge in [-0.25, -0.2) is 4.39 Å². The Balaban J connectivity index is 3.12. The van der Waals surface area contributed by atoms with E-state index in [1.807, 2.05) is 0 Å². The van der Waals surface area contributed by atoms with Crippen LogP contribution in [0.3, 0.4) is 0 Å². The number of rotatable bonds is 2. The summed E-state index contributed by atoms with van der Waals surface area (Å²) in [6.07, 6.45) is 0. The van der Waals surface area contributed by atoms with Crippen molar-refractivity contribution in [1.82, 2.24) is 0 Å². The Morgan fingerprint density at radius 3 is 2.77 bits per heavy atom. The summed E-state index contributed by atoms with van der Waals surface area (Å²) in [4.78, 5) is 10.5. The van der Waals surface area contributed by atoms with E-state index >= 15 is 0 Å². The molecule has 0 unspecified atom stereocenters. The van der Waals surface area contributed by atoms with E-state index in [4.69, 9.17) is 10.8 Å². The van der Waals surface area contributed by atoms with E-state index in [9.17, 15) is 9.18 Å². The van der Waals surface area contributed by atoms with E-state index in [0.29, 0.717) is 11.1 Å². The molecule has 1 atom stereocenters. The quantitative estimate of drug-likeness (QED) is 0.724. The molecule has 0 heterocycles. The zero-order valence-electron chi connectivity index (χ0n) is 7.12. The molecule has 0 fully saturated rings.